The van der Waals surface area contributed by atoms with Gasteiger partial charge in [0.05, 0.1) is 36.2 Å². The largest absolute Gasteiger partial charge is 0.494 e. The third-order valence-electron chi connectivity index (χ3n) is 6.99. The summed E-state index contributed by atoms with van der Waals surface area (Å²) in [4.78, 5) is 44.9. The van der Waals surface area contributed by atoms with E-state index in [1.807, 2.05) is 31.2 Å². The molecule has 1 saturated carbocycles. The summed E-state index contributed by atoms with van der Waals surface area (Å²) in [5.41, 5.74) is 5.92. The van der Waals surface area contributed by atoms with E-state index >= 15 is 0 Å². The number of allylic oxidation sites excluding steroid dienone is 2. The van der Waals surface area contributed by atoms with Crippen LogP contribution in [0.4, 0.5) is 17.2 Å². The van der Waals surface area contributed by atoms with Gasteiger partial charge in [-0.1, -0.05) is 18.2 Å². The minimum atomic E-state index is -0.433. The number of dihydropyridines is 1. The van der Waals surface area contributed by atoms with Crippen molar-refractivity contribution < 1.29 is 19.1 Å². The van der Waals surface area contributed by atoms with Gasteiger partial charge in [0.1, 0.15) is 11.4 Å². The number of nitrogens with zero attached hydrogens (tertiary/aromatic N) is 4. The molecule has 1 aromatic carbocycles. The number of amides is 3. The topological polar surface area (TPSA) is 150 Å². The lowest BCUT2D eigenvalue weighted by Crippen LogP contribution is -2.35. The molecule has 0 spiro atoms. The molecule has 0 saturated heterocycles. The number of anilines is 3. The number of aromatic nitrogens is 3. The van der Waals surface area contributed by atoms with Gasteiger partial charge in [0.15, 0.2) is 11.5 Å². The molecule has 2 aliphatic rings. The summed E-state index contributed by atoms with van der Waals surface area (Å²) in [6.07, 6.45) is 5.36. The summed E-state index contributed by atoms with van der Waals surface area (Å²) < 4.78 is 5.81. The van der Waals surface area contributed by atoms with Gasteiger partial charge in [-0.2, -0.15) is 0 Å². The minimum absolute atomic E-state index is 0.0104. The Morgan fingerprint density at radius 2 is 1.98 bits per heavy atom. The molecule has 1 fully saturated rings. The number of hydrogen-bond donors (Lipinski definition) is 4. The molecule has 5 rings (SSSR count). The molecule has 1 aliphatic heterocycles. The molecule has 218 valence electrons. The Labute approximate surface area is 247 Å². The van der Waals surface area contributed by atoms with Crippen molar-refractivity contribution in [2.75, 3.05) is 38.4 Å². The Kier molecular flexibility index (Phi) is 8.48. The van der Waals surface area contributed by atoms with Gasteiger partial charge in [-0.3, -0.25) is 14.4 Å². The Morgan fingerprint density at radius 3 is 2.62 bits per heavy atom. The minimum Gasteiger partial charge on any atom is -0.494 e. The number of hydrogen-bond acceptors (Lipinski definition) is 10. The summed E-state index contributed by atoms with van der Waals surface area (Å²) in [5.74, 6) is 0.108. The number of nitrogens with one attached hydrogen (secondary N) is 4. The Bertz CT molecular complexity index is 1590. The summed E-state index contributed by atoms with van der Waals surface area (Å²) in [6, 6.07) is 7.18. The number of thiazole rings is 1. The van der Waals surface area contributed by atoms with Gasteiger partial charge < -0.3 is 30.9 Å². The molecule has 3 heterocycles. The fourth-order valence-corrected chi connectivity index (χ4v) is 5.29. The van der Waals surface area contributed by atoms with Crippen LogP contribution in [0.3, 0.4) is 0 Å². The molecular formula is C29H32N8O4S. The van der Waals surface area contributed by atoms with E-state index in [0.717, 1.165) is 34.5 Å². The lowest BCUT2D eigenvalue weighted by molar-refractivity contribution is -0.126. The van der Waals surface area contributed by atoms with Crippen LogP contribution in [0.5, 0.6) is 5.75 Å². The predicted molar refractivity (Wildman–Crippen MR) is 160 cm³/mol. The van der Waals surface area contributed by atoms with Crippen molar-refractivity contribution in [3.8, 4) is 5.75 Å². The monoisotopic (exact) mass is 588 g/mol. The van der Waals surface area contributed by atoms with Gasteiger partial charge in [-0.05, 0) is 37.5 Å². The molecule has 42 heavy (non-hydrogen) atoms. The van der Waals surface area contributed by atoms with E-state index in [2.05, 4.69) is 36.4 Å². The summed E-state index contributed by atoms with van der Waals surface area (Å²) in [6.45, 7) is 2.83. The van der Waals surface area contributed by atoms with E-state index < -0.39 is 5.91 Å². The first-order chi connectivity index (χ1) is 20.3. The SMILES string of the molecule is CNC(=O)c1nnc(NC(=O)C2CC2)cc1Nc1cccc(C2=CC=C(C(=O)N(C)Cc3scnc3C)NC2)c1OC. The third-order valence-corrected chi connectivity index (χ3v) is 7.91. The Morgan fingerprint density at radius 1 is 1.17 bits per heavy atom. The standard InChI is InChI=1S/C29H32N8O4S/c1-16-23(42-15-32-16)14-37(3)29(40)21-11-10-18(13-31-21)19-6-5-7-20(26(19)41-4)33-22-12-24(34-27(38)17-8-9-17)35-36-25(22)28(39)30-2/h5-7,10-12,15,17,31H,8-9,13-14H2,1-4H3,(H,30,39)(H2,33,34,35,38). The van der Waals surface area contributed by atoms with Gasteiger partial charge in [0.2, 0.25) is 5.91 Å². The quantitative estimate of drug-likeness (QED) is 0.280. The zero-order valence-corrected chi connectivity index (χ0v) is 24.6. The van der Waals surface area contributed by atoms with Crippen LogP contribution < -0.4 is 26.0 Å². The van der Waals surface area contributed by atoms with Crippen molar-refractivity contribution in [1.29, 1.82) is 0 Å². The van der Waals surface area contributed by atoms with Crippen molar-refractivity contribution in [2.24, 2.45) is 5.92 Å². The maximum atomic E-state index is 13.1. The molecule has 3 amide bonds. The maximum Gasteiger partial charge on any atom is 0.273 e. The first-order valence-electron chi connectivity index (χ1n) is 13.4. The van der Waals surface area contributed by atoms with Crippen molar-refractivity contribution in [1.82, 2.24) is 30.7 Å². The van der Waals surface area contributed by atoms with Gasteiger partial charge in [-0.15, -0.1) is 21.5 Å². The summed E-state index contributed by atoms with van der Waals surface area (Å²) in [7, 11) is 4.84. The molecule has 13 heteroatoms. The van der Waals surface area contributed by atoms with Gasteiger partial charge in [-0.25, -0.2) is 4.98 Å². The first kappa shape index (κ1) is 28.7. The Hall–Kier alpha value is -4.78. The lowest BCUT2D eigenvalue weighted by Gasteiger charge is -2.23. The second-order valence-electron chi connectivity index (χ2n) is 9.99. The van der Waals surface area contributed by atoms with Crippen LogP contribution in [0.2, 0.25) is 0 Å². The molecule has 0 bridgehead atoms. The molecule has 0 atom stereocenters. The molecule has 3 aromatic rings. The fraction of sp³-hybridized carbons (Fsp3) is 0.310. The average molecular weight is 589 g/mol. The number of likely N-dealkylation sites (N-methyl/N-ethyl adjacent to an activating group) is 1. The van der Waals surface area contributed by atoms with Crippen molar-refractivity contribution in [2.45, 2.75) is 26.3 Å². The van der Waals surface area contributed by atoms with Gasteiger partial charge in [0.25, 0.3) is 11.8 Å². The summed E-state index contributed by atoms with van der Waals surface area (Å²) in [5, 5.41) is 19.9. The highest BCUT2D eigenvalue weighted by molar-refractivity contribution is 7.09. The highest BCUT2D eigenvalue weighted by atomic mass is 32.1. The molecule has 12 nitrogen and oxygen atoms in total. The Balaban J connectivity index is 1.39. The number of methoxy groups -OCH3 is 1. The van der Waals surface area contributed by atoms with E-state index in [9.17, 15) is 14.4 Å². The highest BCUT2D eigenvalue weighted by Gasteiger charge is 2.30. The fourth-order valence-electron chi connectivity index (χ4n) is 4.46. The second kappa shape index (κ2) is 12.4. The van der Waals surface area contributed by atoms with Crippen molar-refractivity contribution in [3.05, 3.63) is 69.5 Å². The van der Waals surface area contributed by atoms with Gasteiger partial charge >= 0.3 is 0 Å². The second-order valence-corrected chi connectivity index (χ2v) is 10.9. The number of carbonyl (C=O) groups excluding carboxylic acids is 3. The van der Waals surface area contributed by atoms with Crippen LogP contribution in [0.15, 0.2) is 47.6 Å². The highest BCUT2D eigenvalue weighted by Crippen LogP contribution is 2.37. The maximum absolute atomic E-state index is 13.1. The lowest BCUT2D eigenvalue weighted by atomic mass is 10.0. The molecular weight excluding hydrogens is 556 g/mol. The number of rotatable bonds is 10. The van der Waals surface area contributed by atoms with E-state index in [0.29, 0.717) is 35.9 Å². The smallest absolute Gasteiger partial charge is 0.273 e. The molecule has 1 aliphatic carbocycles. The van der Waals surface area contributed by atoms with Crippen molar-refractivity contribution in [3.63, 3.8) is 0 Å². The van der Waals surface area contributed by atoms with Crippen LogP contribution in [0.25, 0.3) is 5.57 Å². The third kappa shape index (κ3) is 6.25. The number of para-hydroxylation sites is 1. The van der Waals surface area contributed by atoms with Gasteiger partial charge in [0, 0.05) is 43.1 Å². The molecule has 4 N–H and O–H groups in total. The van der Waals surface area contributed by atoms with Crippen LogP contribution in [0, 0.1) is 12.8 Å². The van der Waals surface area contributed by atoms with Crippen molar-refractivity contribution >= 4 is 51.8 Å². The van der Waals surface area contributed by atoms with E-state index in [1.54, 1.807) is 36.7 Å². The molecule has 2 aromatic heterocycles. The average Bonchev–Trinajstić information content (AvgIpc) is 3.79. The predicted octanol–water partition coefficient (Wildman–Crippen LogP) is 3.23. The number of carbonyl (C=O) groups is 3. The molecule has 0 unspecified atom stereocenters. The van der Waals surface area contributed by atoms with Crippen LogP contribution in [-0.2, 0) is 16.1 Å². The van der Waals surface area contributed by atoms with Crippen LogP contribution in [0.1, 0.15) is 39.5 Å². The van der Waals surface area contributed by atoms with Crippen LogP contribution >= 0.6 is 11.3 Å². The first-order valence-corrected chi connectivity index (χ1v) is 14.3. The normalized spacial score (nSPS) is 14.2. The van der Waals surface area contributed by atoms with E-state index in [1.165, 1.54) is 18.4 Å². The van der Waals surface area contributed by atoms with E-state index in [-0.39, 0.29) is 29.2 Å². The van der Waals surface area contributed by atoms with E-state index in [4.69, 9.17) is 4.74 Å². The zero-order valence-electron chi connectivity index (χ0n) is 23.8. The number of ether oxygens (including phenoxy) is 1. The number of aryl methyl sites for hydroxylation is 1. The number of benzene rings is 1. The zero-order chi connectivity index (χ0) is 29.8. The summed E-state index contributed by atoms with van der Waals surface area (Å²) >= 11 is 1.53. The molecule has 0 radical (unpaired) electrons. The van der Waals surface area contributed by atoms with Crippen LogP contribution in [-0.4, -0.2) is 65.6 Å².